The van der Waals surface area contributed by atoms with Gasteiger partial charge in [-0.05, 0) is 75.6 Å². The molecular formula is C41H49N4O9P. The second-order valence-corrected chi connectivity index (χ2v) is 15.1. The molecule has 14 heteroatoms. The number of benzene rings is 3. The van der Waals surface area contributed by atoms with E-state index < -0.39 is 43.8 Å². The van der Waals surface area contributed by atoms with Crippen LogP contribution >= 0.6 is 8.53 Å². The third-order valence-electron chi connectivity index (χ3n) is 9.43. The van der Waals surface area contributed by atoms with E-state index in [1.807, 2.05) is 60.7 Å². The Labute approximate surface area is 322 Å². The maximum absolute atomic E-state index is 13.2. The Morgan fingerprint density at radius 1 is 0.945 bits per heavy atom. The first-order valence-electron chi connectivity index (χ1n) is 18.2. The molecule has 0 saturated carbocycles. The number of aromatic amines is 1. The van der Waals surface area contributed by atoms with E-state index in [0.29, 0.717) is 22.6 Å². The molecule has 0 radical (unpaired) electrons. The molecule has 0 amide bonds. The highest BCUT2D eigenvalue weighted by Gasteiger charge is 2.45. The minimum absolute atomic E-state index is 0.0313. The number of rotatable bonds is 18. The molecule has 4 atom stereocenters. The van der Waals surface area contributed by atoms with Crippen molar-refractivity contribution in [3.8, 4) is 17.6 Å². The minimum atomic E-state index is -1.71. The molecule has 1 N–H and O–H groups in total. The predicted molar refractivity (Wildman–Crippen MR) is 208 cm³/mol. The van der Waals surface area contributed by atoms with Gasteiger partial charge in [-0.25, -0.2) is 9.46 Å². The van der Waals surface area contributed by atoms with Crippen LogP contribution in [0.4, 0.5) is 0 Å². The summed E-state index contributed by atoms with van der Waals surface area (Å²) in [5, 5.41) is 9.30. The number of hydrogen-bond acceptors (Lipinski definition) is 11. The smallest absolute Gasteiger partial charge is 0.330 e. The fourth-order valence-electron chi connectivity index (χ4n) is 6.75. The van der Waals surface area contributed by atoms with Gasteiger partial charge in [0.1, 0.15) is 35.7 Å². The van der Waals surface area contributed by atoms with Crippen molar-refractivity contribution in [3.05, 3.63) is 128 Å². The highest BCUT2D eigenvalue weighted by Crippen LogP contribution is 2.50. The van der Waals surface area contributed by atoms with Gasteiger partial charge in [0.15, 0.2) is 0 Å². The summed E-state index contributed by atoms with van der Waals surface area (Å²) in [5.74, 6) is 1.32. The van der Waals surface area contributed by atoms with E-state index in [4.69, 9.17) is 28.0 Å². The molecule has 1 aliphatic heterocycles. The summed E-state index contributed by atoms with van der Waals surface area (Å²) in [6.45, 7) is 9.97. The van der Waals surface area contributed by atoms with Crippen molar-refractivity contribution >= 4 is 14.8 Å². The fourth-order valence-corrected chi connectivity index (χ4v) is 8.51. The predicted octanol–water partition coefficient (Wildman–Crippen LogP) is 6.63. The molecular weight excluding hydrogens is 723 g/mol. The second kappa shape index (κ2) is 18.8. The van der Waals surface area contributed by atoms with Gasteiger partial charge in [-0.1, -0.05) is 48.5 Å². The van der Waals surface area contributed by atoms with E-state index in [0.717, 1.165) is 23.0 Å². The van der Waals surface area contributed by atoms with Gasteiger partial charge in [-0.2, -0.15) is 5.26 Å². The Kier molecular flexibility index (Phi) is 14.2. The van der Waals surface area contributed by atoms with Gasteiger partial charge in [0.2, 0.25) is 0 Å². The van der Waals surface area contributed by atoms with Crippen LogP contribution in [0.15, 0.2) is 88.6 Å². The molecule has 4 unspecified atom stereocenters. The third kappa shape index (κ3) is 9.42. The molecule has 1 fully saturated rings. The quantitative estimate of drug-likeness (QED) is 0.0502. The standard InChI is InChI=1S/C41H49N4O9P/c1-27(2)45(28(3)4)55(52-22-8-21-42)54-36-23-38(44-24-29(5)39(47)43-40(44)48)53-37(36)26-51-41(31-11-9-30(25-46)10-12-31,32-13-17-34(49-6)18-14-32)33-15-19-35(50-7)20-16-33/h9-20,24-25,27-28,36-38H,8,22-23,26H2,1-7H3,(H,43,47,48). The van der Waals surface area contributed by atoms with E-state index in [9.17, 15) is 19.6 Å². The number of ether oxygens (including phenoxy) is 4. The molecule has 5 rings (SSSR count). The van der Waals surface area contributed by atoms with Gasteiger partial charge in [0, 0.05) is 35.8 Å². The van der Waals surface area contributed by atoms with Crippen LogP contribution < -0.4 is 20.7 Å². The van der Waals surface area contributed by atoms with Gasteiger partial charge in [-0.15, -0.1) is 0 Å². The molecule has 55 heavy (non-hydrogen) atoms. The molecule has 1 aromatic heterocycles. The molecule has 13 nitrogen and oxygen atoms in total. The van der Waals surface area contributed by atoms with Crippen molar-refractivity contribution in [1.82, 2.24) is 14.2 Å². The van der Waals surface area contributed by atoms with Crippen molar-refractivity contribution < 1.29 is 32.8 Å². The van der Waals surface area contributed by atoms with Gasteiger partial charge in [0.25, 0.3) is 14.1 Å². The molecule has 292 valence electrons. The minimum Gasteiger partial charge on any atom is -0.497 e. The molecule has 0 bridgehead atoms. The van der Waals surface area contributed by atoms with E-state index in [1.54, 1.807) is 33.3 Å². The molecule has 1 saturated heterocycles. The van der Waals surface area contributed by atoms with Crippen LogP contribution in [0.1, 0.15) is 79.4 Å². The largest absolute Gasteiger partial charge is 0.497 e. The average molecular weight is 773 g/mol. The summed E-state index contributed by atoms with van der Waals surface area (Å²) in [5.41, 5.74) is 0.785. The molecule has 0 aliphatic carbocycles. The summed E-state index contributed by atoms with van der Waals surface area (Å²) in [6, 6.07) is 24.5. The van der Waals surface area contributed by atoms with Crippen molar-refractivity contribution in [2.45, 2.75) is 83.6 Å². The highest BCUT2D eigenvalue weighted by atomic mass is 31.2. The Bertz CT molecular complexity index is 1970. The summed E-state index contributed by atoms with van der Waals surface area (Å²) >= 11 is 0. The van der Waals surface area contributed by atoms with Crippen molar-refractivity contribution in [3.63, 3.8) is 0 Å². The molecule has 0 spiro atoms. The van der Waals surface area contributed by atoms with Crippen LogP contribution in [-0.2, 0) is 24.1 Å². The topological polar surface area (TPSA) is 154 Å². The monoisotopic (exact) mass is 772 g/mol. The normalized spacial score (nSPS) is 17.7. The van der Waals surface area contributed by atoms with Crippen LogP contribution in [0, 0.1) is 18.3 Å². The molecule has 3 aromatic carbocycles. The van der Waals surface area contributed by atoms with E-state index in [1.165, 1.54) is 10.8 Å². The number of nitrogens with zero attached hydrogens (tertiary/aromatic N) is 3. The Morgan fingerprint density at radius 3 is 1.98 bits per heavy atom. The lowest BCUT2D eigenvalue weighted by molar-refractivity contribution is -0.0926. The van der Waals surface area contributed by atoms with Crippen molar-refractivity contribution in [2.24, 2.45) is 0 Å². The fraction of sp³-hybridized carbons (Fsp3) is 0.415. The zero-order chi connectivity index (χ0) is 39.7. The van der Waals surface area contributed by atoms with Crippen LogP contribution in [0.25, 0.3) is 0 Å². The number of hydrogen-bond donors (Lipinski definition) is 1. The molecule has 1 aliphatic rings. The summed E-state index contributed by atoms with van der Waals surface area (Å²) < 4.78 is 41.5. The summed E-state index contributed by atoms with van der Waals surface area (Å²) in [4.78, 5) is 39.6. The van der Waals surface area contributed by atoms with Crippen LogP contribution in [-0.4, -0.2) is 72.2 Å². The van der Waals surface area contributed by atoms with Crippen molar-refractivity contribution in [2.75, 3.05) is 27.4 Å². The number of H-pyrrole nitrogens is 1. The second-order valence-electron chi connectivity index (χ2n) is 13.7. The first kappa shape index (κ1) is 41.5. The number of carbonyl (C=O) groups is 1. The van der Waals surface area contributed by atoms with Gasteiger partial charge >= 0.3 is 5.69 Å². The third-order valence-corrected chi connectivity index (χ3v) is 11.6. The van der Waals surface area contributed by atoms with E-state index in [-0.39, 0.29) is 38.1 Å². The van der Waals surface area contributed by atoms with E-state index in [2.05, 4.69) is 43.4 Å². The molecule has 2 heterocycles. The van der Waals surface area contributed by atoms with Gasteiger partial charge in [0.05, 0.1) is 46.0 Å². The zero-order valence-electron chi connectivity index (χ0n) is 32.3. The maximum Gasteiger partial charge on any atom is 0.330 e. The lowest BCUT2D eigenvalue weighted by atomic mass is 9.79. The van der Waals surface area contributed by atoms with Crippen LogP contribution in [0.2, 0.25) is 0 Å². The van der Waals surface area contributed by atoms with Gasteiger partial charge < -0.3 is 28.0 Å². The van der Waals surface area contributed by atoms with Crippen LogP contribution in [0.5, 0.6) is 11.5 Å². The SMILES string of the molecule is COc1ccc(C(OCC2OC(n3cc(C)c(=O)[nH]c3=O)CC2OP(OCCC#N)N(C(C)C)C(C)C)(c2ccc(C=O)cc2)c2ccc(OC)cc2)cc1. The number of carbonyl (C=O) groups excluding carboxylic acids is 1. The number of methoxy groups -OCH3 is 2. The summed E-state index contributed by atoms with van der Waals surface area (Å²) in [7, 11) is 1.49. The Morgan fingerprint density at radius 2 is 1.49 bits per heavy atom. The number of aldehydes is 1. The number of nitrogens with one attached hydrogen (secondary N) is 1. The number of aromatic nitrogens is 2. The zero-order valence-corrected chi connectivity index (χ0v) is 33.2. The van der Waals surface area contributed by atoms with Gasteiger partial charge in [-0.3, -0.25) is 19.1 Å². The van der Waals surface area contributed by atoms with Crippen LogP contribution in [0.3, 0.4) is 0 Å². The molecule has 4 aromatic rings. The lowest BCUT2D eigenvalue weighted by Gasteiger charge is -2.39. The number of nitriles is 1. The first-order valence-corrected chi connectivity index (χ1v) is 19.3. The number of aryl methyl sites for hydroxylation is 1. The van der Waals surface area contributed by atoms with Crippen molar-refractivity contribution in [1.29, 1.82) is 5.26 Å². The highest BCUT2D eigenvalue weighted by molar-refractivity contribution is 7.44. The van der Waals surface area contributed by atoms with E-state index >= 15 is 0 Å². The summed E-state index contributed by atoms with van der Waals surface area (Å²) in [6.07, 6.45) is 0.475. The Hall–Kier alpha value is -4.67. The lowest BCUT2D eigenvalue weighted by Crippen LogP contribution is -2.39. The maximum atomic E-state index is 13.2. The average Bonchev–Trinajstić information content (AvgIpc) is 3.58. The first-order chi connectivity index (χ1) is 26.4. The Balaban J connectivity index is 1.63.